The molecule has 0 N–H and O–H groups in total. The number of hydrogen-bond donors (Lipinski definition) is 0. The van der Waals surface area contributed by atoms with Crippen LogP contribution < -0.4 is 4.90 Å². The molecule has 2 aromatic carbocycles. The highest BCUT2D eigenvalue weighted by Gasteiger charge is 2.29. The molecule has 156 valence electrons. The van der Waals surface area contributed by atoms with E-state index < -0.39 is 5.60 Å². The highest BCUT2D eigenvalue weighted by molar-refractivity contribution is 6.30. The monoisotopic (exact) mass is 414 g/mol. The van der Waals surface area contributed by atoms with Gasteiger partial charge in [-0.1, -0.05) is 35.9 Å². The molecule has 1 saturated heterocycles. The summed E-state index contributed by atoms with van der Waals surface area (Å²) in [6.45, 7) is 10.1. The average Bonchev–Trinajstić information content (AvgIpc) is 2.66. The van der Waals surface area contributed by atoms with E-state index in [-0.39, 0.29) is 6.09 Å². The molecule has 29 heavy (non-hydrogen) atoms. The molecular weight excluding hydrogens is 384 g/mol. The van der Waals surface area contributed by atoms with E-state index in [1.807, 2.05) is 37.8 Å². The molecule has 1 heterocycles. The van der Waals surface area contributed by atoms with Gasteiger partial charge in [0.1, 0.15) is 5.60 Å². The molecule has 1 aliphatic heterocycles. The second-order valence-electron chi connectivity index (χ2n) is 8.79. The molecule has 0 bridgehead atoms. The summed E-state index contributed by atoms with van der Waals surface area (Å²) in [6.07, 6.45) is 1.62. The summed E-state index contributed by atoms with van der Waals surface area (Å²) in [6, 6.07) is 17.0. The van der Waals surface area contributed by atoms with Crippen molar-refractivity contribution in [3.63, 3.8) is 0 Å². The van der Waals surface area contributed by atoms with Crippen LogP contribution in [0.1, 0.15) is 44.7 Å². The number of amides is 1. The second kappa shape index (κ2) is 9.08. The van der Waals surface area contributed by atoms with Crippen molar-refractivity contribution in [2.24, 2.45) is 0 Å². The number of carbonyl (C=O) groups is 1. The number of halogens is 1. The highest BCUT2D eigenvalue weighted by Crippen LogP contribution is 2.27. The molecule has 1 fully saturated rings. The standard InChI is InChI=1S/C24H31ClN2O2/c1-18-6-5-7-22(16-18)27(17-19-8-10-20(25)11-9-19)21-12-14-26(15-13-21)23(28)29-24(2,3)4/h5-11,16,21H,12-15,17H2,1-4H3. The van der Waals surface area contributed by atoms with Gasteiger partial charge in [0.05, 0.1) is 0 Å². The Bertz CT molecular complexity index is 822. The third-order valence-corrected chi connectivity index (χ3v) is 5.41. The zero-order valence-corrected chi connectivity index (χ0v) is 18.6. The normalized spacial score (nSPS) is 15.3. The fourth-order valence-corrected chi connectivity index (χ4v) is 3.84. The minimum absolute atomic E-state index is 0.212. The molecule has 0 unspecified atom stereocenters. The van der Waals surface area contributed by atoms with E-state index in [1.54, 1.807) is 0 Å². The van der Waals surface area contributed by atoms with E-state index in [0.717, 1.165) is 24.4 Å². The molecule has 0 spiro atoms. The lowest BCUT2D eigenvalue weighted by molar-refractivity contribution is 0.0204. The highest BCUT2D eigenvalue weighted by atomic mass is 35.5. The summed E-state index contributed by atoms with van der Waals surface area (Å²) in [5.41, 5.74) is 3.23. The summed E-state index contributed by atoms with van der Waals surface area (Å²) < 4.78 is 5.54. The molecule has 0 radical (unpaired) electrons. The molecule has 0 aliphatic carbocycles. The zero-order valence-electron chi connectivity index (χ0n) is 17.8. The van der Waals surface area contributed by atoms with Crippen molar-refractivity contribution in [3.05, 3.63) is 64.7 Å². The smallest absolute Gasteiger partial charge is 0.410 e. The number of likely N-dealkylation sites (tertiary alicyclic amines) is 1. The van der Waals surface area contributed by atoms with E-state index in [4.69, 9.17) is 16.3 Å². The van der Waals surface area contributed by atoms with Crippen molar-refractivity contribution >= 4 is 23.4 Å². The van der Waals surface area contributed by atoms with Gasteiger partial charge < -0.3 is 14.5 Å². The van der Waals surface area contributed by atoms with E-state index in [2.05, 4.69) is 48.2 Å². The number of piperidine rings is 1. The first kappa shape index (κ1) is 21.5. The van der Waals surface area contributed by atoms with Crippen molar-refractivity contribution in [2.75, 3.05) is 18.0 Å². The quantitative estimate of drug-likeness (QED) is 0.610. The van der Waals surface area contributed by atoms with E-state index in [1.165, 1.54) is 16.8 Å². The van der Waals surface area contributed by atoms with Gasteiger partial charge in [-0.25, -0.2) is 4.79 Å². The maximum absolute atomic E-state index is 12.4. The van der Waals surface area contributed by atoms with Crippen LogP contribution in [0.3, 0.4) is 0 Å². The Balaban J connectivity index is 1.73. The molecule has 3 rings (SSSR count). The summed E-state index contributed by atoms with van der Waals surface area (Å²) in [7, 11) is 0. The molecular formula is C24H31ClN2O2. The molecule has 0 atom stereocenters. The molecule has 0 saturated carbocycles. The van der Waals surface area contributed by atoms with Crippen LogP contribution in [0.15, 0.2) is 48.5 Å². The van der Waals surface area contributed by atoms with Gasteiger partial charge in [-0.3, -0.25) is 0 Å². The molecule has 1 amide bonds. The van der Waals surface area contributed by atoms with Gasteiger partial charge in [0, 0.05) is 36.4 Å². The molecule has 1 aliphatic rings. The Kier molecular flexibility index (Phi) is 6.74. The molecule has 4 nitrogen and oxygen atoms in total. The van der Waals surface area contributed by atoms with Crippen molar-refractivity contribution in [2.45, 2.75) is 58.7 Å². The number of benzene rings is 2. The molecule has 2 aromatic rings. The van der Waals surface area contributed by atoms with Gasteiger partial charge in [-0.2, -0.15) is 0 Å². The van der Waals surface area contributed by atoms with Crippen molar-refractivity contribution in [3.8, 4) is 0 Å². The Labute approximate surface area is 179 Å². The third-order valence-electron chi connectivity index (χ3n) is 5.16. The minimum atomic E-state index is -0.462. The predicted octanol–water partition coefficient (Wildman–Crippen LogP) is 6.05. The average molecular weight is 415 g/mol. The predicted molar refractivity (Wildman–Crippen MR) is 120 cm³/mol. The van der Waals surface area contributed by atoms with Crippen molar-refractivity contribution in [1.82, 2.24) is 4.90 Å². The number of rotatable bonds is 4. The SMILES string of the molecule is Cc1cccc(N(Cc2ccc(Cl)cc2)C2CCN(C(=O)OC(C)(C)C)CC2)c1. The third kappa shape index (κ3) is 6.14. The van der Waals surface area contributed by atoms with E-state index >= 15 is 0 Å². The van der Waals surface area contributed by atoms with Crippen LogP contribution in [-0.2, 0) is 11.3 Å². The van der Waals surface area contributed by atoms with Crippen LogP contribution in [0.4, 0.5) is 10.5 Å². The van der Waals surface area contributed by atoms with Gasteiger partial charge in [-0.05, 0) is 75.9 Å². The Morgan fingerprint density at radius 3 is 2.38 bits per heavy atom. The van der Waals surface area contributed by atoms with Gasteiger partial charge >= 0.3 is 6.09 Å². The first-order chi connectivity index (χ1) is 13.7. The maximum Gasteiger partial charge on any atom is 0.410 e. The van der Waals surface area contributed by atoms with Crippen LogP contribution >= 0.6 is 11.6 Å². The largest absolute Gasteiger partial charge is 0.444 e. The van der Waals surface area contributed by atoms with Gasteiger partial charge in [0.2, 0.25) is 0 Å². The zero-order chi connectivity index (χ0) is 21.0. The summed E-state index contributed by atoms with van der Waals surface area (Å²) >= 11 is 6.06. The lowest BCUT2D eigenvalue weighted by Crippen LogP contribution is -2.48. The fourth-order valence-electron chi connectivity index (χ4n) is 3.71. The first-order valence-corrected chi connectivity index (χ1v) is 10.6. The number of aryl methyl sites for hydroxylation is 1. The number of nitrogens with zero attached hydrogens (tertiary/aromatic N) is 2. The maximum atomic E-state index is 12.4. The Morgan fingerprint density at radius 1 is 1.14 bits per heavy atom. The summed E-state index contributed by atoms with van der Waals surface area (Å²) in [5, 5.41) is 0.751. The Hall–Kier alpha value is -2.20. The van der Waals surface area contributed by atoms with E-state index in [9.17, 15) is 4.79 Å². The van der Waals surface area contributed by atoms with Crippen LogP contribution in [0.25, 0.3) is 0 Å². The van der Waals surface area contributed by atoms with Crippen LogP contribution in [0, 0.1) is 6.92 Å². The van der Waals surface area contributed by atoms with Crippen LogP contribution in [0.2, 0.25) is 5.02 Å². The number of anilines is 1. The number of hydrogen-bond acceptors (Lipinski definition) is 3. The van der Waals surface area contributed by atoms with Gasteiger partial charge in [0.25, 0.3) is 0 Å². The topological polar surface area (TPSA) is 32.8 Å². The van der Waals surface area contributed by atoms with Gasteiger partial charge in [0.15, 0.2) is 0 Å². The lowest BCUT2D eigenvalue weighted by Gasteiger charge is -2.40. The summed E-state index contributed by atoms with van der Waals surface area (Å²) in [5.74, 6) is 0. The first-order valence-electron chi connectivity index (χ1n) is 10.3. The number of ether oxygens (including phenoxy) is 1. The van der Waals surface area contributed by atoms with Crippen molar-refractivity contribution < 1.29 is 9.53 Å². The van der Waals surface area contributed by atoms with Crippen molar-refractivity contribution in [1.29, 1.82) is 0 Å². The summed E-state index contributed by atoms with van der Waals surface area (Å²) in [4.78, 5) is 16.7. The second-order valence-corrected chi connectivity index (χ2v) is 9.23. The fraction of sp³-hybridized carbons (Fsp3) is 0.458. The number of carbonyl (C=O) groups excluding carboxylic acids is 1. The lowest BCUT2D eigenvalue weighted by atomic mass is 10.0. The van der Waals surface area contributed by atoms with Crippen LogP contribution in [-0.4, -0.2) is 35.7 Å². The molecule has 0 aromatic heterocycles. The van der Waals surface area contributed by atoms with Gasteiger partial charge in [-0.15, -0.1) is 0 Å². The Morgan fingerprint density at radius 2 is 1.79 bits per heavy atom. The van der Waals surface area contributed by atoms with E-state index in [0.29, 0.717) is 19.1 Å². The van der Waals surface area contributed by atoms with Crippen LogP contribution in [0.5, 0.6) is 0 Å². The minimum Gasteiger partial charge on any atom is -0.444 e. The molecule has 5 heteroatoms.